The monoisotopic (exact) mass is 223 g/mol. The van der Waals surface area contributed by atoms with Crippen molar-refractivity contribution in [1.29, 1.82) is 0 Å². The number of benzene rings is 1. The Labute approximate surface area is 93.0 Å². The first-order valence-corrected chi connectivity index (χ1v) is 5.45. The minimum absolute atomic E-state index is 0.662. The third-order valence-corrected chi connectivity index (χ3v) is 2.88. The van der Waals surface area contributed by atoms with Crippen LogP contribution in [0.4, 0.5) is 5.69 Å². The third kappa shape index (κ3) is 4.56. The second-order valence-corrected chi connectivity index (χ2v) is 4.24. The molecule has 0 aliphatic heterocycles. The molecule has 0 saturated heterocycles. The van der Waals surface area contributed by atoms with Crippen LogP contribution in [0.2, 0.25) is 0 Å². The van der Waals surface area contributed by atoms with Crippen LogP contribution in [-0.2, 0) is 4.79 Å². The molecule has 0 aliphatic rings. The van der Waals surface area contributed by atoms with Gasteiger partial charge in [-0.15, -0.1) is 11.8 Å². The van der Waals surface area contributed by atoms with E-state index in [1.165, 1.54) is 6.08 Å². The van der Waals surface area contributed by atoms with Gasteiger partial charge < -0.3 is 10.8 Å². The number of anilines is 1. The molecule has 0 bridgehead atoms. The lowest BCUT2D eigenvalue weighted by molar-refractivity contribution is -0.131. The van der Waals surface area contributed by atoms with Gasteiger partial charge in [0.1, 0.15) is 0 Å². The highest BCUT2D eigenvalue weighted by atomic mass is 32.2. The third-order valence-electron chi connectivity index (χ3n) is 1.69. The normalized spacial score (nSPS) is 11.4. The molecule has 0 amide bonds. The Bertz CT molecular complexity index is 388. The number of carbonyl (C=O) groups is 1. The van der Waals surface area contributed by atoms with E-state index < -0.39 is 5.97 Å². The van der Waals surface area contributed by atoms with Gasteiger partial charge in [0, 0.05) is 22.4 Å². The highest BCUT2D eigenvalue weighted by Gasteiger charge is 1.97. The number of rotatable bonds is 4. The molecular weight excluding hydrogens is 210 g/mol. The Morgan fingerprint density at radius 2 is 2.33 bits per heavy atom. The highest BCUT2D eigenvalue weighted by molar-refractivity contribution is 7.99. The summed E-state index contributed by atoms with van der Waals surface area (Å²) in [5.74, 6) is -0.240. The van der Waals surface area contributed by atoms with Gasteiger partial charge in [0.15, 0.2) is 0 Å². The quantitative estimate of drug-likeness (QED) is 0.467. The van der Waals surface area contributed by atoms with Crippen molar-refractivity contribution in [1.82, 2.24) is 0 Å². The van der Waals surface area contributed by atoms with Gasteiger partial charge in [0.25, 0.3) is 0 Å². The van der Waals surface area contributed by atoms with Crippen LogP contribution in [-0.4, -0.2) is 16.8 Å². The van der Waals surface area contributed by atoms with E-state index in [0.29, 0.717) is 5.75 Å². The van der Waals surface area contributed by atoms with Crippen LogP contribution in [0, 0.1) is 0 Å². The fraction of sp³-hybridized carbons (Fsp3) is 0.182. The van der Waals surface area contributed by atoms with E-state index in [0.717, 1.165) is 16.2 Å². The molecule has 0 atom stereocenters. The first kappa shape index (κ1) is 11.7. The predicted molar refractivity (Wildman–Crippen MR) is 63.0 cm³/mol. The molecule has 0 radical (unpaired) electrons. The maximum absolute atomic E-state index is 10.4. The topological polar surface area (TPSA) is 63.3 Å². The molecule has 0 spiro atoms. The van der Waals surface area contributed by atoms with Gasteiger partial charge in [-0.1, -0.05) is 11.6 Å². The molecule has 15 heavy (non-hydrogen) atoms. The fourth-order valence-electron chi connectivity index (χ4n) is 1.05. The number of thioether (sulfide) groups is 1. The standard InChI is InChI=1S/C11H13NO2S/c1-8(5-11(13)14)7-15-10-4-2-3-9(12)6-10/h2-6H,7,12H2,1H3,(H,13,14). The van der Waals surface area contributed by atoms with Gasteiger partial charge in [-0.3, -0.25) is 0 Å². The van der Waals surface area contributed by atoms with E-state index >= 15 is 0 Å². The van der Waals surface area contributed by atoms with Gasteiger partial charge in [-0.25, -0.2) is 4.79 Å². The maximum Gasteiger partial charge on any atom is 0.328 e. The first-order chi connectivity index (χ1) is 7.08. The average molecular weight is 223 g/mol. The number of nitrogens with two attached hydrogens (primary N) is 1. The summed E-state index contributed by atoms with van der Waals surface area (Å²) in [4.78, 5) is 11.4. The summed E-state index contributed by atoms with van der Waals surface area (Å²) in [5, 5.41) is 8.52. The van der Waals surface area contributed by atoms with Gasteiger partial charge >= 0.3 is 5.97 Å². The molecule has 0 unspecified atom stereocenters. The highest BCUT2D eigenvalue weighted by Crippen LogP contribution is 2.22. The molecule has 1 rings (SSSR count). The molecule has 1 aromatic carbocycles. The minimum atomic E-state index is -0.902. The predicted octanol–water partition coefficient (Wildman–Crippen LogP) is 2.39. The number of hydrogen-bond acceptors (Lipinski definition) is 3. The van der Waals surface area contributed by atoms with Crippen molar-refractivity contribution in [3.8, 4) is 0 Å². The van der Waals surface area contributed by atoms with Crippen molar-refractivity contribution in [3.05, 3.63) is 35.9 Å². The minimum Gasteiger partial charge on any atom is -0.478 e. The Kier molecular flexibility index (Phi) is 4.24. The summed E-state index contributed by atoms with van der Waals surface area (Å²) in [5.41, 5.74) is 7.17. The van der Waals surface area contributed by atoms with Crippen LogP contribution < -0.4 is 5.73 Å². The second kappa shape index (κ2) is 5.46. The van der Waals surface area contributed by atoms with Crippen molar-refractivity contribution in [3.63, 3.8) is 0 Å². The zero-order valence-corrected chi connectivity index (χ0v) is 9.25. The van der Waals surface area contributed by atoms with Crippen LogP contribution >= 0.6 is 11.8 Å². The zero-order chi connectivity index (χ0) is 11.3. The number of nitrogen functional groups attached to an aromatic ring is 1. The van der Waals surface area contributed by atoms with Crippen LogP contribution in [0.5, 0.6) is 0 Å². The molecule has 0 fully saturated rings. The molecule has 0 aromatic heterocycles. The summed E-state index contributed by atoms with van der Waals surface area (Å²) in [7, 11) is 0. The summed E-state index contributed by atoms with van der Waals surface area (Å²) >= 11 is 1.57. The lowest BCUT2D eigenvalue weighted by atomic mass is 10.3. The van der Waals surface area contributed by atoms with E-state index in [2.05, 4.69) is 0 Å². The Balaban J connectivity index is 2.54. The number of aliphatic carboxylic acids is 1. The Hall–Kier alpha value is -1.42. The maximum atomic E-state index is 10.4. The molecule has 4 heteroatoms. The van der Waals surface area contributed by atoms with E-state index in [1.54, 1.807) is 18.7 Å². The molecule has 0 saturated carbocycles. The average Bonchev–Trinajstić information content (AvgIpc) is 2.14. The van der Waals surface area contributed by atoms with Crippen molar-refractivity contribution in [2.45, 2.75) is 11.8 Å². The van der Waals surface area contributed by atoms with Crippen LogP contribution in [0.15, 0.2) is 40.8 Å². The lowest BCUT2D eigenvalue weighted by Crippen LogP contribution is -1.92. The summed E-state index contributed by atoms with van der Waals surface area (Å²) in [6, 6.07) is 7.53. The molecule has 0 heterocycles. The van der Waals surface area contributed by atoms with Gasteiger partial charge in [-0.05, 0) is 25.1 Å². The van der Waals surface area contributed by atoms with Crippen LogP contribution in [0.25, 0.3) is 0 Å². The molecule has 0 aliphatic carbocycles. The van der Waals surface area contributed by atoms with Crippen LogP contribution in [0.1, 0.15) is 6.92 Å². The van der Waals surface area contributed by atoms with Crippen molar-refractivity contribution < 1.29 is 9.90 Å². The van der Waals surface area contributed by atoms with E-state index in [-0.39, 0.29) is 0 Å². The van der Waals surface area contributed by atoms with Crippen molar-refractivity contribution in [2.24, 2.45) is 0 Å². The van der Waals surface area contributed by atoms with Gasteiger partial charge in [0.05, 0.1) is 0 Å². The molecule has 1 aromatic rings. The van der Waals surface area contributed by atoms with Crippen LogP contribution in [0.3, 0.4) is 0 Å². The summed E-state index contributed by atoms with van der Waals surface area (Å²) in [6.45, 7) is 1.80. The summed E-state index contributed by atoms with van der Waals surface area (Å²) < 4.78 is 0. The molecule has 80 valence electrons. The van der Waals surface area contributed by atoms with E-state index in [9.17, 15) is 4.79 Å². The summed E-state index contributed by atoms with van der Waals surface area (Å²) in [6.07, 6.45) is 1.22. The van der Waals surface area contributed by atoms with Gasteiger partial charge in [-0.2, -0.15) is 0 Å². The van der Waals surface area contributed by atoms with E-state index in [4.69, 9.17) is 10.8 Å². The lowest BCUT2D eigenvalue weighted by Gasteiger charge is -2.02. The van der Waals surface area contributed by atoms with Gasteiger partial charge in [0.2, 0.25) is 0 Å². The molecule has 3 N–H and O–H groups in total. The SMILES string of the molecule is CC(=CC(=O)O)CSc1cccc(N)c1. The molecule has 3 nitrogen and oxygen atoms in total. The second-order valence-electron chi connectivity index (χ2n) is 3.19. The number of carboxylic acids is 1. The van der Waals surface area contributed by atoms with Crippen molar-refractivity contribution >= 4 is 23.4 Å². The van der Waals surface area contributed by atoms with E-state index in [1.807, 2.05) is 24.3 Å². The first-order valence-electron chi connectivity index (χ1n) is 4.46. The van der Waals surface area contributed by atoms with Crippen molar-refractivity contribution in [2.75, 3.05) is 11.5 Å². The fourth-order valence-corrected chi connectivity index (χ4v) is 1.93. The number of hydrogen-bond donors (Lipinski definition) is 2. The Morgan fingerprint density at radius 1 is 1.60 bits per heavy atom. The number of carboxylic acid groups (broad SMARTS) is 1. The zero-order valence-electron chi connectivity index (χ0n) is 8.43. The smallest absolute Gasteiger partial charge is 0.328 e. The largest absolute Gasteiger partial charge is 0.478 e. The molecular formula is C11H13NO2S. The Morgan fingerprint density at radius 3 is 2.93 bits per heavy atom.